The van der Waals surface area contributed by atoms with E-state index in [1.807, 2.05) is 44.2 Å². The Labute approximate surface area is 110 Å². The second kappa shape index (κ2) is 5.42. The Morgan fingerprint density at radius 1 is 1.06 bits per heavy atom. The van der Waals surface area contributed by atoms with Crippen LogP contribution in [0.15, 0.2) is 30.3 Å². The number of hydrogen-bond acceptors (Lipinski definition) is 1. The van der Waals surface area contributed by atoms with Gasteiger partial charge in [0.15, 0.2) is 0 Å². The molecule has 1 aromatic rings. The minimum Gasteiger partial charge on any atom is -0.333 e. The molecule has 0 fully saturated rings. The van der Waals surface area contributed by atoms with Gasteiger partial charge in [0.2, 0.25) is 0 Å². The molecule has 0 heterocycles. The van der Waals surface area contributed by atoms with Crippen LogP contribution in [0.4, 0.5) is 10.5 Å². The van der Waals surface area contributed by atoms with Gasteiger partial charge in [0.1, 0.15) is 0 Å². The van der Waals surface area contributed by atoms with E-state index in [-0.39, 0.29) is 17.0 Å². The van der Waals surface area contributed by atoms with E-state index in [9.17, 15) is 4.79 Å². The number of rotatable bonds is 3. The summed E-state index contributed by atoms with van der Waals surface area (Å²) in [6.07, 6.45) is 0.919. The molecule has 0 bridgehead atoms. The Hall–Kier alpha value is -1.51. The van der Waals surface area contributed by atoms with E-state index in [1.54, 1.807) is 0 Å². The van der Waals surface area contributed by atoms with Crippen molar-refractivity contribution >= 4 is 11.7 Å². The Morgan fingerprint density at radius 3 is 2.11 bits per heavy atom. The van der Waals surface area contributed by atoms with Crippen molar-refractivity contribution in [3.63, 3.8) is 0 Å². The van der Waals surface area contributed by atoms with Crippen molar-refractivity contribution in [2.24, 2.45) is 5.41 Å². The van der Waals surface area contributed by atoms with Gasteiger partial charge in [-0.1, -0.05) is 39.0 Å². The van der Waals surface area contributed by atoms with Crippen LogP contribution in [0.2, 0.25) is 0 Å². The lowest BCUT2D eigenvalue weighted by Gasteiger charge is -2.33. The first-order valence-electron chi connectivity index (χ1n) is 6.32. The monoisotopic (exact) mass is 248 g/mol. The first kappa shape index (κ1) is 14.6. The van der Waals surface area contributed by atoms with E-state index < -0.39 is 0 Å². The lowest BCUT2D eigenvalue weighted by atomic mass is 9.82. The maximum Gasteiger partial charge on any atom is 0.319 e. The van der Waals surface area contributed by atoms with E-state index >= 15 is 0 Å². The van der Waals surface area contributed by atoms with Gasteiger partial charge in [-0.05, 0) is 37.8 Å². The summed E-state index contributed by atoms with van der Waals surface area (Å²) < 4.78 is 0. The molecule has 2 N–H and O–H groups in total. The first-order valence-corrected chi connectivity index (χ1v) is 6.32. The number of nitrogens with one attached hydrogen (secondary N) is 2. The summed E-state index contributed by atoms with van der Waals surface area (Å²) >= 11 is 0. The smallest absolute Gasteiger partial charge is 0.319 e. The summed E-state index contributed by atoms with van der Waals surface area (Å²) in [7, 11) is 0. The number of benzene rings is 1. The molecule has 0 atom stereocenters. The molecule has 100 valence electrons. The quantitative estimate of drug-likeness (QED) is 0.833. The molecule has 18 heavy (non-hydrogen) atoms. The molecule has 0 aliphatic heterocycles. The highest BCUT2D eigenvalue weighted by molar-refractivity contribution is 5.89. The van der Waals surface area contributed by atoms with Gasteiger partial charge in [-0.25, -0.2) is 4.79 Å². The van der Waals surface area contributed by atoms with Gasteiger partial charge >= 0.3 is 6.03 Å². The topological polar surface area (TPSA) is 41.1 Å². The Morgan fingerprint density at radius 2 is 1.61 bits per heavy atom. The van der Waals surface area contributed by atoms with Crippen molar-refractivity contribution in [1.29, 1.82) is 0 Å². The third-order valence-corrected chi connectivity index (χ3v) is 2.46. The van der Waals surface area contributed by atoms with Crippen molar-refractivity contribution in [2.45, 2.75) is 46.6 Å². The van der Waals surface area contributed by atoms with Gasteiger partial charge < -0.3 is 10.6 Å². The highest BCUT2D eigenvalue weighted by Gasteiger charge is 2.26. The van der Waals surface area contributed by atoms with Crippen LogP contribution in [0.1, 0.15) is 41.0 Å². The number of carbonyl (C=O) groups excluding carboxylic acids is 1. The second-order valence-corrected chi connectivity index (χ2v) is 6.57. The molecular formula is C15H24N2O. The SMILES string of the molecule is CC(C)(C)CC(C)(C)NC(=O)Nc1ccccc1. The summed E-state index contributed by atoms with van der Waals surface area (Å²) in [6, 6.07) is 9.31. The normalized spacial score (nSPS) is 12.1. The molecule has 1 aromatic carbocycles. The number of hydrogen-bond donors (Lipinski definition) is 2. The molecule has 0 unspecified atom stereocenters. The van der Waals surface area contributed by atoms with Crippen LogP contribution in [0.5, 0.6) is 0 Å². The minimum atomic E-state index is -0.225. The molecule has 0 saturated carbocycles. The van der Waals surface area contributed by atoms with Crippen LogP contribution in [0.3, 0.4) is 0 Å². The number of para-hydroxylation sites is 1. The van der Waals surface area contributed by atoms with Crippen molar-refractivity contribution < 1.29 is 4.79 Å². The molecule has 3 nitrogen and oxygen atoms in total. The van der Waals surface area contributed by atoms with Crippen molar-refractivity contribution in [1.82, 2.24) is 5.32 Å². The molecule has 0 spiro atoms. The van der Waals surface area contributed by atoms with E-state index in [0.717, 1.165) is 12.1 Å². The van der Waals surface area contributed by atoms with E-state index in [1.165, 1.54) is 0 Å². The Bertz CT molecular complexity index is 391. The molecule has 0 aliphatic rings. The third-order valence-electron chi connectivity index (χ3n) is 2.46. The van der Waals surface area contributed by atoms with Crippen LogP contribution < -0.4 is 10.6 Å². The first-order chi connectivity index (χ1) is 8.18. The fourth-order valence-electron chi connectivity index (χ4n) is 2.36. The van der Waals surface area contributed by atoms with Crippen LogP contribution in [0, 0.1) is 5.41 Å². The zero-order valence-corrected chi connectivity index (χ0v) is 12.0. The van der Waals surface area contributed by atoms with Crippen molar-refractivity contribution in [3.8, 4) is 0 Å². The highest BCUT2D eigenvalue weighted by atomic mass is 16.2. The van der Waals surface area contributed by atoms with E-state index in [4.69, 9.17) is 0 Å². The average Bonchev–Trinajstić information content (AvgIpc) is 2.13. The largest absolute Gasteiger partial charge is 0.333 e. The summed E-state index contributed by atoms with van der Waals surface area (Å²) in [5, 5.41) is 5.84. The predicted octanol–water partition coefficient (Wildman–Crippen LogP) is 4.02. The summed E-state index contributed by atoms with van der Waals surface area (Å²) in [5.74, 6) is 0. The lowest BCUT2D eigenvalue weighted by Crippen LogP contribution is -2.47. The zero-order valence-electron chi connectivity index (χ0n) is 12.0. The number of anilines is 1. The van der Waals surface area contributed by atoms with E-state index in [0.29, 0.717) is 0 Å². The fraction of sp³-hybridized carbons (Fsp3) is 0.533. The predicted molar refractivity (Wildman–Crippen MR) is 76.7 cm³/mol. The van der Waals surface area contributed by atoms with Gasteiger partial charge in [-0.2, -0.15) is 0 Å². The van der Waals surface area contributed by atoms with Gasteiger partial charge in [0.25, 0.3) is 0 Å². The van der Waals surface area contributed by atoms with Gasteiger partial charge in [-0.3, -0.25) is 0 Å². The minimum absolute atomic E-state index is 0.157. The number of urea groups is 1. The van der Waals surface area contributed by atoms with Crippen LogP contribution in [0.25, 0.3) is 0 Å². The van der Waals surface area contributed by atoms with Crippen molar-refractivity contribution in [3.05, 3.63) is 30.3 Å². The summed E-state index contributed by atoms with van der Waals surface area (Å²) in [5.41, 5.74) is 0.766. The molecule has 2 amide bonds. The van der Waals surface area contributed by atoms with Gasteiger partial charge in [-0.15, -0.1) is 0 Å². The molecular weight excluding hydrogens is 224 g/mol. The van der Waals surface area contributed by atoms with Crippen LogP contribution >= 0.6 is 0 Å². The molecule has 0 aliphatic carbocycles. The molecule has 1 rings (SSSR count). The second-order valence-electron chi connectivity index (χ2n) is 6.57. The summed E-state index contributed by atoms with van der Waals surface area (Å²) in [6.45, 7) is 10.6. The van der Waals surface area contributed by atoms with Gasteiger partial charge in [0, 0.05) is 11.2 Å². The Kier molecular flexibility index (Phi) is 4.38. The highest BCUT2D eigenvalue weighted by Crippen LogP contribution is 2.26. The van der Waals surface area contributed by atoms with Crippen LogP contribution in [-0.4, -0.2) is 11.6 Å². The standard InChI is InChI=1S/C15H24N2O/c1-14(2,3)11-15(4,5)17-13(18)16-12-9-7-6-8-10-12/h6-10H,11H2,1-5H3,(H2,16,17,18). The van der Waals surface area contributed by atoms with Gasteiger partial charge in [0.05, 0.1) is 0 Å². The average molecular weight is 248 g/mol. The van der Waals surface area contributed by atoms with Crippen molar-refractivity contribution in [2.75, 3.05) is 5.32 Å². The maximum atomic E-state index is 11.9. The molecule has 0 aromatic heterocycles. The van der Waals surface area contributed by atoms with E-state index in [2.05, 4.69) is 31.4 Å². The molecule has 0 radical (unpaired) electrons. The fourth-order valence-corrected chi connectivity index (χ4v) is 2.36. The maximum absolute atomic E-state index is 11.9. The van der Waals surface area contributed by atoms with Crippen LogP contribution in [-0.2, 0) is 0 Å². The Balaban J connectivity index is 2.54. The molecule has 0 saturated heterocycles. The third kappa shape index (κ3) is 5.71. The lowest BCUT2D eigenvalue weighted by molar-refractivity contribution is 0.220. The summed E-state index contributed by atoms with van der Waals surface area (Å²) in [4.78, 5) is 11.9. The molecule has 3 heteroatoms. The zero-order chi connectivity index (χ0) is 13.8. The number of carbonyl (C=O) groups is 1. The number of amides is 2.